The van der Waals surface area contributed by atoms with Gasteiger partial charge in [-0.2, -0.15) is 4.98 Å². The van der Waals surface area contributed by atoms with E-state index in [1.807, 2.05) is 18.9 Å². The van der Waals surface area contributed by atoms with Gasteiger partial charge in [-0.1, -0.05) is 0 Å². The first-order valence-corrected chi connectivity index (χ1v) is 9.67. The molecule has 1 N–H and O–H groups in total. The zero-order chi connectivity index (χ0) is 21.6. The Morgan fingerprint density at radius 3 is 2.53 bits per heavy atom. The van der Waals surface area contributed by atoms with E-state index in [0.717, 1.165) is 12.1 Å². The molecule has 0 unspecified atom stereocenters. The van der Waals surface area contributed by atoms with Crippen LogP contribution < -0.4 is 19.9 Å². The molecule has 1 atom stereocenters. The second kappa shape index (κ2) is 7.66. The Labute approximate surface area is 171 Å². The van der Waals surface area contributed by atoms with Gasteiger partial charge < -0.3 is 19.9 Å². The van der Waals surface area contributed by atoms with Gasteiger partial charge in [-0.05, 0) is 25.7 Å². The van der Waals surface area contributed by atoms with Gasteiger partial charge in [-0.15, -0.1) is 0 Å². The monoisotopic (exact) mass is 421 g/mol. The van der Waals surface area contributed by atoms with Crippen LogP contribution in [0.3, 0.4) is 0 Å². The van der Waals surface area contributed by atoms with Gasteiger partial charge in [0.25, 0.3) is 0 Å². The van der Waals surface area contributed by atoms with Crippen molar-refractivity contribution in [3.63, 3.8) is 0 Å². The molecule has 1 fully saturated rings. The van der Waals surface area contributed by atoms with Gasteiger partial charge in [0, 0.05) is 32.8 Å². The number of aromatic nitrogens is 2. The molecule has 0 saturated heterocycles. The third-order valence-corrected chi connectivity index (χ3v) is 5.72. The average molecular weight is 421 g/mol. The number of likely N-dealkylation sites (N-methyl/N-ethyl adjacent to an activating group) is 2. The third-order valence-electron chi connectivity index (χ3n) is 5.72. The average Bonchev–Trinajstić information content (AvgIpc) is 2.70. The summed E-state index contributed by atoms with van der Waals surface area (Å²) in [6.07, 6.45) is 2.81. The fourth-order valence-corrected chi connectivity index (χ4v) is 3.66. The predicted octanol–water partition coefficient (Wildman–Crippen LogP) is 2.96. The van der Waals surface area contributed by atoms with E-state index in [0.29, 0.717) is 36.8 Å². The van der Waals surface area contributed by atoms with Crippen LogP contribution in [0.1, 0.15) is 19.8 Å². The van der Waals surface area contributed by atoms with Crippen LogP contribution in [0.15, 0.2) is 18.3 Å². The van der Waals surface area contributed by atoms with Crippen molar-refractivity contribution < 1.29 is 22.7 Å². The van der Waals surface area contributed by atoms with E-state index in [-0.39, 0.29) is 29.7 Å². The van der Waals surface area contributed by atoms with E-state index in [9.17, 15) is 18.0 Å². The number of rotatable bonds is 5. The number of halogens is 3. The van der Waals surface area contributed by atoms with Crippen LogP contribution in [-0.4, -0.2) is 48.7 Å². The Morgan fingerprint density at radius 1 is 1.20 bits per heavy atom. The van der Waals surface area contributed by atoms with Crippen molar-refractivity contribution in [1.82, 2.24) is 9.97 Å². The maximum Gasteiger partial charge on any atom is 0.249 e. The highest BCUT2D eigenvalue weighted by molar-refractivity contribution is 6.03. The van der Waals surface area contributed by atoms with Gasteiger partial charge in [0.2, 0.25) is 11.9 Å². The van der Waals surface area contributed by atoms with Crippen molar-refractivity contribution >= 4 is 23.4 Å². The first-order valence-electron chi connectivity index (χ1n) is 9.67. The molecule has 2 aliphatic rings. The first kappa shape index (κ1) is 20.2. The SMILES string of the molecule is C[C@H]1C(=O)N(C)c2cnc(NCC3CC(Oc4cc(F)c(F)c(F)c4)C3)nc2N1C. The van der Waals surface area contributed by atoms with Crippen LogP contribution in [0.4, 0.5) is 30.6 Å². The summed E-state index contributed by atoms with van der Waals surface area (Å²) >= 11 is 0. The summed E-state index contributed by atoms with van der Waals surface area (Å²) in [7, 11) is 3.52. The van der Waals surface area contributed by atoms with Crippen molar-refractivity contribution in [1.29, 1.82) is 0 Å². The molecule has 2 aromatic rings. The normalized spacial score (nSPS) is 23.1. The van der Waals surface area contributed by atoms with Crippen molar-refractivity contribution in [2.45, 2.75) is 31.9 Å². The number of benzene rings is 1. The van der Waals surface area contributed by atoms with Crippen LogP contribution in [-0.2, 0) is 4.79 Å². The van der Waals surface area contributed by atoms with Crippen LogP contribution in [0, 0.1) is 23.4 Å². The van der Waals surface area contributed by atoms with Gasteiger partial charge >= 0.3 is 0 Å². The number of nitrogens with zero attached hydrogens (tertiary/aromatic N) is 4. The molecule has 1 amide bonds. The molecule has 4 rings (SSSR count). The Bertz CT molecular complexity index is 960. The van der Waals surface area contributed by atoms with Crippen molar-refractivity contribution in [3.05, 3.63) is 35.8 Å². The highest BCUT2D eigenvalue weighted by Gasteiger charge is 2.34. The lowest BCUT2D eigenvalue weighted by molar-refractivity contribution is -0.119. The highest BCUT2D eigenvalue weighted by atomic mass is 19.2. The number of ether oxygens (including phenoxy) is 1. The Hall–Kier alpha value is -3.04. The Kier molecular flexibility index (Phi) is 5.17. The molecule has 1 aromatic heterocycles. The molecule has 2 heterocycles. The summed E-state index contributed by atoms with van der Waals surface area (Å²) in [5, 5.41) is 3.19. The number of anilines is 3. The van der Waals surface area contributed by atoms with Gasteiger partial charge in [0.15, 0.2) is 23.3 Å². The smallest absolute Gasteiger partial charge is 0.249 e. The van der Waals surface area contributed by atoms with E-state index in [1.54, 1.807) is 18.1 Å². The van der Waals surface area contributed by atoms with Crippen LogP contribution in [0.25, 0.3) is 0 Å². The second-order valence-corrected chi connectivity index (χ2v) is 7.75. The largest absolute Gasteiger partial charge is 0.490 e. The fraction of sp³-hybridized carbons (Fsp3) is 0.450. The third kappa shape index (κ3) is 3.61. The standard InChI is InChI=1S/C20H22F3N5O2/c1-10-19(29)28(3)16-9-25-20(26-18(16)27(10)2)24-8-11-4-12(5-11)30-13-6-14(21)17(23)15(22)7-13/h6-7,9-12H,4-5,8H2,1-3H3,(H,24,25,26)/t10-,11?,12?/m0/s1. The number of amides is 1. The quantitative estimate of drug-likeness (QED) is 0.749. The fourth-order valence-electron chi connectivity index (χ4n) is 3.66. The molecule has 10 heteroatoms. The molecule has 0 spiro atoms. The predicted molar refractivity (Wildman–Crippen MR) is 105 cm³/mol. The lowest BCUT2D eigenvalue weighted by atomic mass is 9.82. The Balaban J connectivity index is 1.31. The lowest BCUT2D eigenvalue weighted by Crippen LogP contribution is -2.49. The topological polar surface area (TPSA) is 70.6 Å². The number of carbonyl (C=O) groups is 1. The zero-order valence-corrected chi connectivity index (χ0v) is 16.8. The first-order chi connectivity index (χ1) is 14.2. The van der Waals surface area contributed by atoms with Gasteiger partial charge in [0.05, 0.1) is 12.3 Å². The number of hydrogen-bond donors (Lipinski definition) is 1. The van der Waals surface area contributed by atoms with Crippen LogP contribution >= 0.6 is 0 Å². The van der Waals surface area contributed by atoms with E-state index in [4.69, 9.17) is 4.74 Å². The van der Waals surface area contributed by atoms with Crippen LogP contribution in [0.5, 0.6) is 5.75 Å². The number of carbonyl (C=O) groups excluding carboxylic acids is 1. The zero-order valence-electron chi connectivity index (χ0n) is 16.8. The van der Waals surface area contributed by atoms with E-state index >= 15 is 0 Å². The summed E-state index contributed by atoms with van der Waals surface area (Å²) in [6, 6.07) is 1.39. The molecule has 7 nitrogen and oxygen atoms in total. The van der Waals surface area contributed by atoms with E-state index < -0.39 is 17.5 Å². The number of hydrogen-bond acceptors (Lipinski definition) is 6. The maximum atomic E-state index is 13.3. The van der Waals surface area contributed by atoms with E-state index in [1.165, 1.54) is 0 Å². The van der Waals surface area contributed by atoms with Crippen LogP contribution in [0.2, 0.25) is 0 Å². The van der Waals surface area contributed by atoms with Crippen molar-refractivity contribution in [2.75, 3.05) is 35.8 Å². The minimum absolute atomic E-state index is 0.0170. The van der Waals surface area contributed by atoms with Gasteiger partial charge in [0.1, 0.15) is 17.5 Å². The molecular formula is C20H22F3N5O2. The second-order valence-electron chi connectivity index (χ2n) is 7.75. The molecule has 160 valence electrons. The summed E-state index contributed by atoms with van der Waals surface area (Å²) in [5.74, 6) is -2.64. The molecular weight excluding hydrogens is 399 g/mol. The molecule has 30 heavy (non-hydrogen) atoms. The minimum atomic E-state index is -1.50. The summed E-state index contributed by atoms with van der Waals surface area (Å²) in [6.45, 7) is 2.43. The summed E-state index contributed by atoms with van der Waals surface area (Å²) in [5.41, 5.74) is 0.655. The lowest BCUT2D eigenvalue weighted by Gasteiger charge is -2.37. The van der Waals surface area contributed by atoms with Gasteiger partial charge in [-0.25, -0.2) is 18.2 Å². The van der Waals surface area contributed by atoms with Gasteiger partial charge in [-0.3, -0.25) is 4.79 Å². The molecule has 1 aromatic carbocycles. The number of fused-ring (bicyclic) bond motifs is 1. The number of nitrogens with one attached hydrogen (secondary N) is 1. The maximum absolute atomic E-state index is 13.3. The van der Waals surface area contributed by atoms with E-state index in [2.05, 4.69) is 15.3 Å². The summed E-state index contributed by atoms with van der Waals surface area (Å²) < 4.78 is 45.1. The minimum Gasteiger partial charge on any atom is -0.490 e. The Morgan fingerprint density at radius 2 is 1.87 bits per heavy atom. The van der Waals surface area contributed by atoms with Crippen molar-refractivity contribution in [2.24, 2.45) is 5.92 Å². The summed E-state index contributed by atoms with van der Waals surface area (Å²) in [4.78, 5) is 24.4. The molecule has 0 bridgehead atoms. The molecule has 0 radical (unpaired) electrons. The molecule has 1 saturated carbocycles. The molecule has 1 aliphatic carbocycles. The van der Waals surface area contributed by atoms with Crippen molar-refractivity contribution in [3.8, 4) is 5.75 Å². The molecule has 1 aliphatic heterocycles. The highest BCUT2D eigenvalue weighted by Crippen LogP contribution is 2.34.